The van der Waals surface area contributed by atoms with E-state index in [1.165, 1.54) is 0 Å². The zero-order chi connectivity index (χ0) is 9.68. The number of azide groups is 1. The molecule has 6 heteroatoms. The van der Waals surface area contributed by atoms with Gasteiger partial charge >= 0.3 is 0 Å². The lowest BCUT2D eigenvalue weighted by Crippen LogP contribution is -2.23. The minimum absolute atomic E-state index is 0.0451. The zero-order valence-electron chi connectivity index (χ0n) is 7.71. The molecule has 0 bridgehead atoms. The maximum atomic E-state index is 8.29. The first-order valence-electron chi connectivity index (χ1n) is 4.03. The van der Waals surface area contributed by atoms with Gasteiger partial charge in [0.1, 0.15) is 0 Å². The van der Waals surface area contributed by atoms with Crippen LogP contribution in [0, 0.1) is 0 Å². The van der Waals surface area contributed by atoms with Gasteiger partial charge in [-0.2, -0.15) is 0 Å². The molecule has 0 N–H and O–H groups in total. The van der Waals surface area contributed by atoms with Crippen molar-refractivity contribution >= 4 is 0 Å². The molecule has 0 aromatic heterocycles. The quantitative estimate of drug-likeness (QED) is 0.205. The highest BCUT2D eigenvalue weighted by molar-refractivity contribution is 4.85. The van der Waals surface area contributed by atoms with Gasteiger partial charge in [0, 0.05) is 25.6 Å². The summed E-state index contributed by atoms with van der Waals surface area (Å²) in [4.78, 5) is 2.75. The Morgan fingerprint density at radius 3 is 2.62 bits per heavy atom. The van der Waals surface area contributed by atoms with Crippen LogP contribution in [0.3, 0.4) is 0 Å². The number of methoxy groups -OCH3 is 2. The van der Waals surface area contributed by atoms with E-state index in [-0.39, 0.29) is 18.4 Å². The van der Waals surface area contributed by atoms with Crippen LogP contribution in [0.4, 0.5) is 0 Å². The lowest BCUT2D eigenvalue weighted by atomic mass is 10.1. The topological polar surface area (TPSA) is 79.8 Å². The van der Waals surface area contributed by atoms with Gasteiger partial charge in [-0.25, -0.2) is 0 Å². The molecule has 0 saturated carbocycles. The number of ether oxygens (including phenoxy) is 3. The summed E-state index contributed by atoms with van der Waals surface area (Å²) >= 11 is 0. The number of hydrogen-bond acceptors (Lipinski definition) is 4. The average molecular weight is 187 g/mol. The molecule has 0 unspecified atom stereocenters. The van der Waals surface area contributed by atoms with Gasteiger partial charge in [0.05, 0.1) is 18.8 Å². The number of epoxide rings is 1. The van der Waals surface area contributed by atoms with Crippen LogP contribution in [0.2, 0.25) is 0 Å². The highest BCUT2D eigenvalue weighted by atomic mass is 16.7. The van der Waals surface area contributed by atoms with Gasteiger partial charge in [-0.1, -0.05) is 5.11 Å². The fraction of sp³-hybridized carbons (Fsp3) is 1.00. The third kappa shape index (κ3) is 3.20. The molecule has 0 aromatic carbocycles. The standard InChI is InChI=1S/C7H13N3O3/c1-11-7(12-2)3-5(9-10-8)6-4-13-6/h5-7H,3-4H2,1-2H3/t5-,6-/m0/s1. The summed E-state index contributed by atoms with van der Waals surface area (Å²) in [6, 6.07) is -0.185. The van der Waals surface area contributed by atoms with Crippen molar-refractivity contribution in [2.45, 2.75) is 24.9 Å². The van der Waals surface area contributed by atoms with E-state index in [1.54, 1.807) is 14.2 Å². The number of hydrogen-bond donors (Lipinski definition) is 0. The van der Waals surface area contributed by atoms with Gasteiger partial charge in [-0.15, -0.1) is 0 Å². The average Bonchev–Trinajstić information content (AvgIpc) is 2.95. The monoisotopic (exact) mass is 187 g/mol. The van der Waals surface area contributed by atoms with Crippen LogP contribution in [-0.2, 0) is 14.2 Å². The summed E-state index contributed by atoms with van der Waals surface area (Å²) < 4.78 is 15.0. The molecule has 0 amide bonds. The fourth-order valence-electron chi connectivity index (χ4n) is 1.10. The maximum Gasteiger partial charge on any atom is 0.157 e. The Morgan fingerprint density at radius 1 is 1.62 bits per heavy atom. The van der Waals surface area contributed by atoms with E-state index in [1.807, 2.05) is 0 Å². The Morgan fingerprint density at radius 2 is 2.23 bits per heavy atom. The van der Waals surface area contributed by atoms with E-state index in [9.17, 15) is 0 Å². The van der Waals surface area contributed by atoms with Crippen molar-refractivity contribution < 1.29 is 14.2 Å². The van der Waals surface area contributed by atoms with Crippen LogP contribution >= 0.6 is 0 Å². The summed E-state index contributed by atoms with van der Waals surface area (Å²) in [5.41, 5.74) is 8.29. The van der Waals surface area contributed by atoms with Gasteiger partial charge in [0.15, 0.2) is 6.29 Å². The Kier molecular flexibility index (Phi) is 3.98. The first-order valence-corrected chi connectivity index (χ1v) is 4.03. The van der Waals surface area contributed by atoms with Crippen molar-refractivity contribution in [2.75, 3.05) is 20.8 Å². The van der Waals surface area contributed by atoms with E-state index in [0.29, 0.717) is 13.0 Å². The lowest BCUT2D eigenvalue weighted by Gasteiger charge is -2.16. The van der Waals surface area contributed by atoms with Crippen molar-refractivity contribution in [1.29, 1.82) is 0 Å². The van der Waals surface area contributed by atoms with Gasteiger partial charge in [-0.05, 0) is 5.53 Å². The Balaban J connectivity index is 2.40. The third-order valence-electron chi connectivity index (χ3n) is 1.95. The van der Waals surface area contributed by atoms with Gasteiger partial charge in [0.25, 0.3) is 0 Å². The van der Waals surface area contributed by atoms with Gasteiger partial charge in [0.2, 0.25) is 0 Å². The molecule has 0 spiro atoms. The van der Waals surface area contributed by atoms with E-state index in [0.717, 1.165) is 0 Å². The van der Waals surface area contributed by atoms with E-state index in [2.05, 4.69) is 10.0 Å². The van der Waals surface area contributed by atoms with Crippen LogP contribution in [-0.4, -0.2) is 39.3 Å². The molecular formula is C7H13N3O3. The molecule has 2 atom stereocenters. The molecule has 13 heavy (non-hydrogen) atoms. The third-order valence-corrected chi connectivity index (χ3v) is 1.95. The van der Waals surface area contributed by atoms with E-state index < -0.39 is 0 Å². The minimum atomic E-state index is -0.334. The largest absolute Gasteiger partial charge is 0.373 e. The van der Waals surface area contributed by atoms with Crippen molar-refractivity contribution in [2.24, 2.45) is 5.11 Å². The first-order chi connectivity index (χ1) is 6.31. The molecule has 1 aliphatic rings. The lowest BCUT2D eigenvalue weighted by molar-refractivity contribution is -0.109. The van der Waals surface area contributed by atoms with Crippen molar-refractivity contribution in [3.63, 3.8) is 0 Å². The maximum absolute atomic E-state index is 8.29. The zero-order valence-corrected chi connectivity index (χ0v) is 7.71. The molecule has 1 saturated heterocycles. The second kappa shape index (κ2) is 5.04. The molecule has 0 aliphatic carbocycles. The van der Waals surface area contributed by atoms with Crippen molar-refractivity contribution in [3.8, 4) is 0 Å². The molecule has 1 aliphatic heterocycles. The first kappa shape index (κ1) is 10.3. The van der Waals surface area contributed by atoms with Gasteiger partial charge in [-0.3, -0.25) is 0 Å². The highest BCUT2D eigenvalue weighted by Crippen LogP contribution is 2.22. The van der Waals surface area contributed by atoms with Crippen LogP contribution in [0.5, 0.6) is 0 Å². The predicted molar refractivity (Wildman–Crippen MR) is 45.1 cm³/mol. The molecule has 0 aromatic rings. The van der Waals surface area contributed by atoms with Crippen molar-refractivity contribution in [1.82, 2.24) is 0 Å². The molecule has 1 heterocycles. The Hall–Kier alpha value is -0.810. The summed E-state index contributed by atoms with van der Waals surface area (Å²) in [6.45, 7) is 0.657. The van der Waals surface area contributed by atoms with Crippen LogP contribution in [0.25, 0.3) is 10.4 Å². The molecule has 6 nitrogen and oxygen atoms in total. The van der Waals surface area contributed by atoms with Crippen LogP contribution < -0.4 is 0 Å². The van der Waals surface area contributed by atoms with E-state index >= 15 is 0 Å². The van der Waals surface area contributed by atoms with Gasteiger partial charge < -0.3 is 14.2 Å². The van der Waals surface area contributed by atoms with Crippen molar-refractivity contribution in [3.05, 3.63) is 10.4 Å². The number of nitrogens with zero attached hydrogens (tertiary/aromatic N) is 3. The summed E-state index contributed by atoms with van der Waals surface area (Å²) in [7, 11) is 3.10. The second-order valence-electron chi connectivity index (χ2n) is 2.78. The minimum Gasteiger partial charge on any atom is -0.373 e. The number of rotatable bonds is 6. The molecule has 1 rings (SSSR count). The Labute approximate surface area is 76.4 Å². The molecule has 1 fully saturated rings. The fourth-order valence-corrected chi connectivity index (χ4v) is 1.10. The molecule has 74 valence electrons. The van der Waals surface area contributed by atoms with E-state index in [4.69, 9.17) is 19.7 Å². The van der Waals surface area contributed by atoms with Crippen LogP contribution in [0.15, 0.2) is 5.11 Å². The normalized spacial score (nSPS) is 22.5. The summed E-state index contributed by atoms with van der Waals surface area (Å²) in [6.07, 6.45) is 0.241. The molecule has 0 radical (unpaired) electrons. The van der Waals surface area contributed by atoms with Crippen LogP contribution in [0.1, 0.15) is 6.42 Å². The second-order valence-corrected chi connectivity index (χ2v) is 2.78. The predicted octanol–water partition coefficient (Wildman–Crippen LogP) is 1.07. The SMILES string of the molecule is COC(C[C@H](N=[N+]=[N-])[C@@H]1CO1)OC. The summed E-state index contributed by atoms with van der Waals surface area (Å²) in [5.74, 6) is 0. The smallest absolute Gasteiger partial charge is 0.157 e. The highest BCUT2D eigenvalue weighted by Gasteiger charge is 2.33. The summed E-state index contributed by atoms with van der Waals surface area (Å²) in [5, 5.41) is 3.62. The Bertz CT molecular complexity index is 197. The molecular weight excluding hydrogens is 174 g/mol.